The molecule has 0 amide bonds. The van der Waals surface area contributed by atoms with Gasteiger partial charge in [0.25, 0.3) is 0 Å². The SMILES string of the molecule is CCNC(=NCc1ccnc(N2CCOC(C)C2)c1)NC1CC2CCC1O2.I. The Morgan fingerprint density at radius 3 is 3.00 bits per heavy atom. The molecule has 3 aliphatic rings. The van der Waals surface area contributed by atoms with E-state index >= 15 is 0 Å². The van der Waals surface area contributed by atoms with Gasteiger partial charge >= 0.3 is 0 Å². The monoisotopic (exact) mass is 501 g/mol. The smallest absolute Gasteiger partial charge is 0.191 e. The summed E-state index contributed by atoms with van der Waals surface area (Å²) in [7, 11) is 0. The Bertz CT molecular complexity index is 674. The molecule has 0 aliphatic carbocycles. The van der Waals surface area contributed by atoms with Crippen LogP contribution < -0.4 is 15.5 Å². The van der Waals surface area contributed by atoms with Crippen LogP contribution in [0.5, 0.6) is 0 Å². The number of hydrogen-bond acceptors (Lipinski definition) is 5. The second-order valence-electron chi connectivity index (χ2n) is 7.71. The fourth-order valence-corrected chi connectivity index (χ4v) is 4.21. The first-order chi connectivity index (χ1) is 13.2. The largest absolute Gasteiger partial charge is 0.375 e. The van der Waals surface area contributed by atoms with Crippen LogP contribution in [0, 0.1) is 0 Å². The van der Waals surface area contributed by atoms with E-state index in [1.165, 1.54) is 12.0 Å². The zero-order valence-electron chi connectivity index (χ0n) is 16.8. The topological polar surface area (TPSA) is 71.0 Å². The summed E-state index contributed by atoms with van der Waals surface area (Å²) in [5.41, 5.74) is 1.17. The molecule has 3 aliphatic heterocycles. The van der Waals surface area contributed by atoms with Crippen LogP contribution in [0.4, 0.5) is 5.82 Å². The highest BCUT2D eigenvalue weighted by Crippen LogP contribution is 2.34. The summed E-state index contributed by atoms with van der Waals surface area (Å²) < 4.78 is 11.6. The molecule has 0 aromatic carbocycles. The zero-order chi connectivity index (χ0) is 18.6. The third-order valence-corrected chi connectivity index (χ3v) is 5.57. The predicted octanol–water partition coefficient (Wildman–Crippen LogP) is 2.30. The van der Waals surface area contributed by atoms with Crippen molar-refractivity contribution in [2.45, 2.75) is 64.0 Å². The second-order valence-corrected chi connectivity index (χ2v) is 7.71. The summed E-state index contributed by atoms with van der Waals surface area (Å²) in [6.45, 7) is 8.21. The molecule has 4 heterocycles. The maximum absolute atomic E-state index is 5.95. The fraction of sp³-hybridized carbons (Fsp3) is 0.700. The van der Waals surface area contributed by atoms with Gasteiger partial charge < -0.3 is 25.0 Å². The summed E-state index contributed by atoms with van der Waals surface area (Å²) in [5, 5.41) is 6.94. The van der Waals surface area contributed by atoms with E-state index in [-0.39, 0.29) is 30.1 Å². The molecular formula is C20H32IN5O2. The van der Waals surface area contributed by atoms with Crippen molar-refractivity contribution in [1.82, 2.24) is 15.6 Å². The molecule has 4 atom stereocenters. The number of fused-ring (bicyclic) bond motifs is 2. The van der Waals surface area contributed by atoms with E-state index in [0.29, 0.717) is 24.8 Å². The highest BCUT2D eigenvalue weighted by molar-refractivity contribution is 14.0. The van der Waals surface area contributed by atoms with Gasteiger partial charge in [-0.1, -0.05) is 0 Å². The van der Waals surface area contributed by atoms with Gasteiger partial charge in [-0.2, -0.15) is 0 Å². The van der Waals surface area contributed by atoms with Crippen molar-refractivity contribution in [3.8, 4) is 0 Å². The van der Waals surface area contributed by atoms with Crippen molar-refractivity contribution in [1.29, 1.82) is 0 Å². The zero-order valence-corrected chi connectivity index (χ0v) is 19.1. The maximum Gasteiger partial charge on any atom is 0.191 e. The number of halogens is 1. The minimum Gasteiger partial charge on any atom is -0.375 e. The van der Waals surface area contributed by atoms with Crippen LogP contribution in [0.25, 0.3) is 0 Å². The van der Waals surface area contributed by atoms with E-state index in [9.17, 15) is 0 Å². The molecule has 4 rings (SSSR count). The van der Waals surface area contributed by atoms with Crippen molar-refractivity contribution in [3.05, 3.63) is 23.9 Å². The van der Waals surface area contributed by atoms with Crippen LogP contribution in [0.15, 0.2) is 23.3 Å². The quantitative estimate of drug-likeness (QED) is 0.367. The van der Waals surface area contributed by atoms with Gasteiger partial charge in [-0.15, -0.1) is 24.0 Å². The number of aromatic nitrogens is 1. The van der Waals surface area contributed by atoms with E-state index in [1.54, 1.807) is 0 Å². The summed E-state index contributed by atoms with van der Waals surface area (Å²) in [4.78, 5) is 11.6. The number of aliphatic imine (C=N–C) groups is 1. The summed E-state index contributed by atoms with van der Waals surface area (Å²) in [5.74, 6) is 1.88. The molecule has 3 saturated heterocycles. The molecule has 0 saturated carbocycles. The molecule has 0 radical (unpaired) electrons. The molecule has 28 heavy (non-hydrogen) atoms. The Morgan fingerprint density at radius 2 is 2.29 bits per heavy atom. The van der Waals surface area contributed by atoms with Crippen LogP contribution >= 0.6 is 24.0 Å². The van der Waals surface area contributed by atoms with Crippen molar-refractivity contribution in [2.24, 2.45) is 4.99 Å². The van der Waals surface area contributed by atoms with Crippen LogP contribution in [-0.2, 0) is 16.0 Å². The minimum atomic E-state index is 0. The number of rotatable bonds is 5. The van der Waals surface area contributed by atoms with Crippen LogP contribution in [-0.4, -0.2) is 61.5 Å². The number of hydrogen-bond donors (Lipinski definition) is 2. The molecule has 156 valence electrons. The average molecular weight is 501 g/mol. The lowest BCUT2D eigenvalue weighted by Crippen LogP contribution is -2.47. The first-order valence-electron chi connectivity index (χ1n) is 10.2. The standard InChI is InChI=1S/C20H31N5O2.HI/c1-3-21-20(24-17-11-16-4-5-18(17)27-16)23-12-15-6-7-22-19(10-15)25-8-9-26-14(2)13-25;/h6-7,10,14,16-18H,3-5,8-9,11-13H2,1-2H3,(H2,21,23,24);1H. The highest BCUT2D eigenvalue weighted by atomic mass is 127. The molecule has 1 aromatic heterocycles. The molecular weight excluding hydrogens is 469 g/mol. The second kappa shape index (κ2) is 10.1. The number of morpholine rings is 1. The number of ether oxygens (including phenoxy) is 2. The lowest BCUT2D eigenvalue weighted by Gasteiger charge is -2.32. The lowest BCUT2D eigenvalue weighted by molar-refractivity contribution is 0.0529. The van der Waals surface area contributed by atoms with Crippen LogP contribution in [0.3, 0.4) is 0 Å². The van der Waals surface area contributed by atoms with Crippen LogP contribution in [0.1, 0.15) is 38.7 Å². The molecule has 0 spiro atoms. The van der Waals surface area contributed by atoms with Gasteiger partial charge in [-0.3, -0.25) is 0 Å². The summed E-state index contributed by atoms with van der Waals surface area (Å²) in [6, 6.07) is 4.57. The van der Waals surface area contributed by atoms with E-state index in [1.807, 2.05) is 12.3 Å². The van der Waals surface area contributed by atoms with Gasteiger partial charge in [0.15, 0.2) is 5.96 Å². The fourth-order valence-electron chi connectivity index (χ4n) is 4.21. The Balaban J connectivity index is 0.00000225. The predicted molar refractivity (Wildman–Crippen MR) is 122 cm³/mol. The molecule has 1 aromatic rings. The first kappa shape index (κ1) is 21.6. The van der Waals surface area contributed by atoms with Gasteiger partial charge in [-0.05, 0) is 50.8 Å². The highest BCUT2D eigenvalue weighted by Gasteiger charge is 2.41. The van der Waals surface area contributed by atoms with Crippen LogP contribution in [0.2, 0.25) is 0 Å². The van der Waals surface area contributed by atoms with E-state index in [2.05, 4.69) is 40.4 Å². The molecule has 4 unspecified atom stereocenters. The Labute approximate surface area is 184 Å². The number of nitrogens with zero attached hydrogens (tertiary/aromatic N) is 3. The summed E-state index contributed by atoms with van der Waals surface area (Å²) >= 11 is 0. The Morgan fingerprint density at radius 1 is 1.39 bits per heavy atom. The van der Waals surface area contributed by atoms with Crippen molar-refractivity contribution >= 4 is 35.8 Å². The molecule has 3 fully saturated rings. The van der Waals surface area contributed by atoms with Gasteiger partial charge in [0.1, 0.15) is 5.82 Å². The minimum absolute atomic E-state index is 0. The molecule has 2 bridgehead atoms. The van der Waals surface area contributed by atoms with Crippen molar-refractivity contribution in [2.75, 3.05) is 31.1 Å². The van der Waals surface area contributed by atoms with Gasteiger partial charge in [0, 0.05) is 25.8 Å². The Hall–Kier alpha value is -1.13. The first-order valence-corrected chi connectivity index (χ1v) is 10.2. The van der Waals surface area contributed by atoms with Gasteiger partial charge in [-0.25, -0.2) is 9.98 Å². The summed E-state index contributed by atoms with van der Waals surface area (Å²) in [6.07, 6.45) is 6.36. The average Bonchev–Trinajstić information content (AvgIpc) is 3.30. The molecule has 8 heteroatoms. The number of anilines is 1. The van der Waals surface area contributed by atoms with Crippen molar-refractivity contribution < 1.29 is 9.47 Å². The third kappa shape index (κ3) is 5.27. The van der Waals surface area contributed by atoms with E-state index < -0.39 is 0 Å². The Kier molecular flexibility index (Phi) is 7.76. The van der Waals surface area contributed by atoms with E-state index in [0.717, 1.165) is 50.9 Å². The van der Waals surface area contributed by atoms with Gasteiger partial charge in [0.05, 0.1) is 37.5 Å². The lowest BCUT2D eigenvalue weighted by atomic mass is 9.96. The molecule has 7 nitrogen and oxygen atoms in total. The van der Waals surface area contributed by atoms with Crippen molar-refractivity contribution in [3.63, 3.8) is 0 Å². The third-order valence-electron chi connectivity index (χ3n) is 5.57. The van der Waals surface area contributed by atoms with E-state index in [4.69, 9.17) is 14.5 Å². The normalized spacial score (nSPS) is 29.5. The maximum atomic E-state index is 5.95. The number of nitrogens with one attached hydrogen (secondary N) is 2. The number of guanidine groups is 1. The number of pyridine rings is 1. The molecule has 2 N–H and O–H groups in total. The van der Waals surface area contributed by atoms with Gasteiger partial charge in [0.2, 0.25) is 0 Å².